The number of nitrogens with zero attached hydrogens (tertiary/aromatic N) is 3. The number of hydrogen-bond acceptors (Lipinski definition) is 3. The summed E-state index contributed by atoms with van der Waals surface area (Å²) in [5.41, 5.74) is 39.6. The molecule has 20 aromatic rings. The zero-order valence-electron chi connectivity index (χ0n) is 68.6. The summed E-state index contributed by atoms with van der Waals surface area (Å²) in [6.07, 6.45) is 0. The van der Waals surface area contributed by atoms with Crippen LogP contribution in [0.15, 0.2) is 510 Å². The summed E-state index contributed by atoms with van der Waals surface area (Å²) < 4.78 is 0. The first-order valence-electron chi connectivity index (χ1n) is 43.0. The number of benzene rings is 20. The Morgan fingerprint density at radius 1 is 0.145 bits per heavy atom. The molecule has 0 unspecified atom stereocenters. The van der Waals surface area contributed by atoms with E-state index in [9.17, 15) is 0 Å². The molecule has 0 atom stereocenters. The molecule has 3 heterocycles. The molecule has 3 aliphatic heterocycles. The second-order valence-electron chi connectivity index (χ2n) is 32.0. The van der Waals surface area contributed by atoms with E-state index in [0.29, 0.717) is 0 Å². The maximum absolute atomic E-state index is 2.56. The Hall–Kier alpha value is -15.7. The highest BCUT2D eigenvalue weighted by Gasteiger charge is 2.42. The molecular weight excluding hydrogens is 1490 g/mol. The lowest BCUT2D eigenvalue weighted by atomic mass is 9.33. The Labute approximate surface area is 728 Å². The fourth-order valence-electron chi connectivity index (χ4n) is 19.4. The van der Waals surface area contributed by atoms with Crippen molar-refractivity contribution in [2.24, 2.45) is 0 Å². The van der Waals surface area contributed by atoms with E-state index in [2.05, 4.69) is 524 Å². The maximum atomic E-state index is 2.56. The van der Waals surface area contributed by atoms with Gasteiger partial charge in [0.15, 0.2) is 0 Å². The van der Waals surface area contributed by atoms with E-state index in [-0.39, 0.29) is 20.1 Å². The van der Waals surface area contributed by atoms with Crippen LogP contribution < -0.4 is 63.9 Å². The largest absolute Gasteiger partial charge is 0.312 e. The van der Waals surface area contributed by atoms with Crippen molar-refractivity contribution in [3.63, 3.8) is 0 Å². The van der Waals surface area contributed by atoms with Gasteiger partial charge in [0.2, 0.25) is 20.1 Å². The molecule has 0 spiro atoms. The van der Waals surface area contributed by atoms with Gasteiger partial charge in [-0.05, 0) is 195 Å². The van der Waals surface area contributed by atoms with Crippen molar-refractivity contribution in [2.45, 2.75) is 0 Å². The van der Waals surface area contributed by atoms with Crippen molar-refractivity contribution < 1.29 is 0 Å². The van der Waals surface area contributed by atoms with Crippen LogP contribution in [0.1, 0.15) is 0 Å². The van der Waals surface area contributed by atoms with E-state index < -0.39 is 0 Å². The normalized spacial score (nSPS) is 12.1. The summed E-state index contributed by atoms with van der Waals surface area (Å²) in [4.78, 5) is 7.35. The first kappa shape index (κ1) is 75.7. The van der Waals surface area contributed by atoms with Crippen molar-refractivity contribution in [3.05, 3.63) is 510 Å². The molecule has 0 saturated carbocycles. The van der Waals surface area contributed by atoms with Crippen molar-refractivity contribution in [3.8, 4) is 77.9 Å². The summed E-state index contributed by atoms with van der Waals surface area (Å²) in [5, 5.41) is 2.61. The van der Waals surface area contributed by atoms with E-state index in [1.54, 1.807) is 0 Å². The van der Waals surface area contributed by atoms with Crippen molar-refractivity contribution in [2.75, 3.05) is 14.7 Å². The summed E-state index contributed by atoms with van der Waals surface area (Å²) in [6, 6.07) is 185. The average Bonchev–Trinajstić information content (AvgIpc) is 0.713. The van der Waals surface area contributed by atoms with Gasteiger partial charge in [-0.1, -0.05) is 441 Å². The fraction of sp³-hybridized carbons (Fsp3) is 0. The molecule has 0 bridgehead atoms. The van der Waals surface area contributed by atoms with Gasteiger partial charge < -0.3 is 14.7 Å². The molecule has 0 saturated heterocycles. The van der Waals surface area contributed by atoms with E-state index in [4.69, 9.17) is 0 Å². The highest BCUT2D eigenvalue weighted by molar-refractivity contribution is 7.00. The number of anilines is 9. The predicted octanol–water partition coefficient (Wildman–Crippen LogP) is 24.8. The zero-order valence-corrected chi connectivity index (χ0v) is 68.6. The van der Waals surface area contributed by atoms with E-state index in [0.717, 1.165) is 5.69 Å². The van der Waals surface area contributed by atoms with E-state index >= 15 is 0 Å². The molecule has 0 amide bonds. The molecule has 0 fully saturated rings. The van der Waals surface area contributed by atoms with Crippen LogP contribution >= 0.6 is 0 Å². The second-order valence-corrected chi connectivity index (χ2v) is 32.0. The van der Waals surface area contributed by atoms with Gasteiger partial charge in [0.25, 0.3) is 0 Å². The monoisotopic (exact) mass is 1580 g/mol. The lowest BCUT2D eigenvalue weighted by molar-refractivity contribution is 1.29. The Morgan fingerprint density at radius 2 is 0.387 bits per heavy atom. The van der Waals surface area contributed by atoms with E-state index in [1.165, 1.54) is 183 Å². The predicted molar refractivity (Wildman–Crippen MR) is 532 cm³/mol. The van der Waals surface area contributed by atoms with Gasteiger partial charge in [0.1, 0.15) is 0 Å². The Kier molecular flexibility index (Phi) is 20.9. The average molecular weight is 1580 g/mol. The number of fused-ring (bicyclic) bond motifs is 7. The van der Waals surface area contributed by atoms with Gasteiger partial charge in [0.05, 0.1) is 5.69 Å². The minimum atomic E-state index is -0.0853. The SMILES string of the molecule is c1ccc(-c2cc(-c3ccccc3)c(B3c4ccccc4N(c4c(-c5ccccc5)cc(-c5ccccc5)cc4-c4ccccc4)c4ccccc43)c(-c3ccccc3)c2)cc1.c1ccc(-c2ccccc2B2c3ccccc3N(c3ccccc3)c3ccccc32)cc1.c1ccc(N2c3ccccc3B(c3cccc4ccccc34)c3ccccc32)cc1. The topological polar surface area (TPSA) is 9.72 Å². The lowest BCUT2D eigenvalue weighted by Gasteiger charge is -2.40. The smallest absolute Gasteiger partial charge is 0.248 e. The van der Waals surface area contributed by atoms with Crippen molar-refractivity contribution in [1.82, 2.24) is 0 Å². The summed E-state index contributed by atoms with van der Waals surface area (Å²) >= 11 is 0. The third kappa shape index (κ3) is 14.4. The van der Waals surface area contributed by atoms with Crippen LogP contribution in [-0.2, 0) is 0 Å². The highest BCUT2D eigenvalue weighted by Crippen LogP contribution is 2.50. The van der Waals surface area contributed by atoms with Crippen LogP contribution in [0.2, 0.25) is 0 Å². The van der Waals surface area contributed by atoms with Gasteiger partial charge in [-0.3, -0.25) is 0 Å². The van der Waals surface area contributed by atoms with Crippen LogP contribution in [0, 0.1) is 0 Å². The fourth-order valence-corrected chi connectivity index (χ4v) is 19.4. The van der Waals surface area contributed by atoms with Gasteiger partial charge in [0, 0.05) is 56.6 Å². The number of hydrogen-bond donors (Lipinski definition) is 0. The molecule has 0 aliphatic carbocycles. The standard InChI is InChI=1S/C60H42BN.C30H22BN.C28H20BN/c1-7-23-43(24-8-1)49-39-51(45-27-11-3-12-28-45)59(52(40-49)46-29-13-4-14-30-46)61-55-35-19-21-37-57(55)62(58-38-22-20-36-56(58)61)60-53(47-31-15-5-16-32-47)41-50(44-25-9-2-10-26-44)42-54(60)48-33-17-6-18-34-48;1-3-13-23(14-4-1)25-17-7-8-18-26(25)31-27-19-9-11-21-29(27)32(24-15-5-2-6-16-24)30-22-12-10-20-28(30)31;1-2-13-22(14-3-1)30-27-19-8-6-16-25(27)29(26-17-7-9-20-28(26)30)24-18-10-12-21-11-4-5-15-23(21)24/h1-42H;1-22H;1-20H. The number of rotatable bonds is 13. The second kappa shape index (κ2) is 34.2. The Balaban J connectivity index is 0.000000127. The van der Waals surface area contributed by atoms with Crippen molar-refractivity contribution in [1.29, 1.82) is 0 Å². The van der Waals surface area contributed by atoms with Crippen LogP contribution in [-0.4, -0.2) is 20.1 Å². The van der Waals surface area contributed by atoms with Gasteiger partial charge in [-0.2, -0.15) is 0 Å². The maximum Gasteiger partial charge on any atom is 0.248 e. The third-order valence-corrected chi connectivity index (χ3v) is 24.8. The highest BCUT2D eigenvalue weighted by atomic mass is 15.2. The van der Waals surface area contributed by atoms with E-state index in [1.807, 2.05) is 0 Å². The minimum Gasteiger partial charge on any atom is -0.312 e. The first-order valence-corrected chi connectivity index (χ1v) is 43.0. The molecule has 0 aromatic heterocycles. The molecular formula is C118H84B3N3. The Morgan fingerprint density at radius 3 is 0.758 bits per heavy atom. The molecule has 0 radical (unpaired) electrons. The quantitative estimate of drug-likeness (QED) is 0.107. The van der Waals surface area contributed by atoms with Crippen LogP contribution in [0.25, 0.3) is 88.7 Å². The van der Waals surface area contributed by atoms with Crippen LogP contribution in [0.3, 0.4) is 0 Å². The summed E-state index contributed by atoms with van der Waals surface area (Å²) in [5.74, 6) is 0. The molecule has 3 nitrogen and oxygen atoms in total. The first-order chi connectivity index (χ1) is 61.6. The lowest BCUT2D eigenvalue weighted by Crippen LogP contribution is -2.58. The van der Waals surface area contributed by atoms with Crippen LogP contribution in [0.4, 0.5) is 51.2 Å². The summed E-state index contributed by atoms with van der Waals surface area (Å²) in [7, 11) is 0. The Bertz CT molecular complexity index is 6700. The number of para-hydroxylation sites is 8. The molecule has 580 valence electrons. The molecule has 3 aliphatic rings. The minimum absolute atomic E-state index is 0.0853. The van der Waals surface area contributed by atoms with Crippen LogP contribution in [0.5, 0.6) is 0 Å². The zero-order chi connectivity index (χ0) is 82.5. The molecule has 124 heavy (non-hydrogen) atoms. The molecule has 23 rings (SSSR count). The third-order valence-electron chi connectivity index (χ3n) is 24.8. The summed E-state index contributed by atoms with van der Waals surface area (Å²) in [6.45, 7) is 0.278. The van der Waals surface area contributed by atoms with Gasteiger partial charge in [-0.15, -0.1) is 0 Å². The van der Waals surface area contributed by atoms with Gasteiger partial charge >= 0.3 is 0 Å². The molecule has 6 heteroatoms. The molecule has 20 aromatic carbocycles. The van der Waals surface area contributed by atoms with Crippen molar-refractivity contribution >= 4 is 131 Å². The molecule has 0 N–H and O–H groups in total. The van der Waals surface area contributed by atoms with Gasteiger partial charge in [-0.25, -0.2) is 0 Å².